The van der Waals surface area contributed by atoms with E-state index in [9.17, 15) is 0 Å². The van der Waals surface area contributed by atoms with Crippen molar-refractivity contribution < 1.29 is 9.47 Å². The van der Waals surface area contributed by atoms with Crippen LogP contribution in [0.3, 0.4) is 0 Å². The van der Waals surface area contributed by atoms with Crippen LogP contribution >= 0.6 is 0 Å². The fourth-order valence-corrected chi connectivity index (χ4v) is 2.65. The minimum Gasteiger partial charge on any atom is -0.496 e. The highest BCUT2D eigenvalue weighted by Crippen LogP contribution is 2.24. The van der Waals surface area contributed by atoms with Gasteiger partial charge in [0, 0.05) is 18.2 Å². The molecule has 1 heterocycles. The Morgan fingerprint density at radius 1 is 1.42 bits per heavy atom. The molecule has 3 heteroatoms. The fourth-order valence-electron chi connectivity index (χ4n) is 2.65. The van der Waals surface area contributed by atoms with Crippen molar-refractivity contribution in [1.29, 1.82) is 0 Å². The number of para-hydroxylation sites is 1. The van der Waals surface area contributed by atoms with E-state index in [-0.39, 0.29) is 0 Å². The normalized spacial score (nSPS) is 20.4. The lowest BCUT2D eigenvalue weighted by Crippen LogP contribution is -2.21. The van der Waals surface area contributed by atoms with Crippen LogP contribution in [0.2, 0.25) is 0 Å². The molecule has 2 rings (SSSR count). The van der Waals surface area contributed by atoms with Crippen molar-refractivity contribution >= 4 is 0 Å². The maximum absolute atomic E-state index is 5.63. The van der Waals surface area contributed by atoms with Crippen molar-refractivity contribution in [2.45, 2.75) is 44.8 Å². The number of nitrogens with one attached hydrogen (secondary N) is 1. The second kappa shape index (κ2) is 7.51. The van der Waals surface area contributed by atoms with Crippen molar-refractivity contribution in [3.63, 3.8) is 0 Å². The first-order valence-corrected chi connectivity index (χ1v) is 7.29. The quantitative estimate of drug-likeness (QED) is 0.766. The second-order valence-electron chi connectivity index (χ2n) is 5.20. The summed E-state index contributed by atoms with van der Waals surface area (Å²) in [6.45, 7) is 4.17. The summed E-state index contributed by atoms with van der Waals surface area (Å²) in [4.78, 5) is 0. The zero-order valence-electron chi connectivity index (χ0n) is 12.0. The van der Waals surface area contributed by atoms with Crippen LogP contribution in [0.4, 0.5) is 0 Å². The van der Waals surface area contributed by atoms with Crippen LogP contribution in [-0.2, 0) is 4.74 Å². The Morgan fingerprint density at radius 2 is 2.26 bits per heavy atom. The molecule has 0 aliphatic carbocycles. The first-order chi connectivity index (χ1) is 9.31. The van der Waals surface area contributed by atoms with E-state index in [0.717, 1.165) is 18.9 Å². The highest BCUT2D eigenvalue weighted by Gasteiger charge is 2.15. The topological polar surface area (TPSA) is 30.5 Å². The molecule has 19 heavy (non-hydrogen) atoms. The number of rotatable bonds is 7. The smallest absolute Gasteiger partial charge is 0.123 e. The Labute approximate surface area is 116 Å². The van der Waals surface area contributed by atoms with E-state index in [1.807, 2.05) is 12.1 Å². The van der Waals surface area contributed by atoms with Crippen molar-refractivity contribution in [2.24, 2.45) is 0 Å². The van der Waals surface area contributed by atoms with Crippen LogP contribution in [0.5, 0.6) is 5.75 Å². The summed E-state index contributed by atoms with van der Waals surface area (Å²) < 4.78 is 11.0. The van der Waals surface area contributed by atoms with E-state index in [4.69, 9.17) is 9.47 Å². The van der Waals surface area contributed by atoms with Crippen LogP contribution in [-0.4, -0.2) is 26.4 Å². The molecule has 0 aromatic heterocycles. The molecule has 1 N–H and O–H groups in total. The molecule has 0 saturated carbocycles. The van der Waals surface area contributed by atoms with Crippen molar-refractivity contribution in [2.75, 3.05) is 20.3 Å². The van der Waals surface area contributed by atoms with Gasteiger partial charge in [-0.05, 0) is 45.2 Å². The minimum atomic E-state index is 0.320. The average Bonchev–Trinajstić information content (AvgIpc) is 2.96. The molecular formula is C16H25NO2. The largest absolute Gasteiger partial charge is 0.496 e. The van der Waals surface area contributed by atoms with Crippen molar-refractivity contribution in [1.82, 2.24) is 5.32 Å². The van der Waals surface area contributed by atoms with E-state index in [1.165, 1.54) is 31.2 Å². The molecule has 1 unspecified atom stereocenters. The van der Waals surface area contributed by atoms with Gasteiger partial charge in [-0.3, -0.25) is 0 Å². The molecule has 3 nitrogen and oxygen atoms in total. The summed E-state index contributed by atoms with van der Waals surface area (Å²) in [6, 6.07) is 8.52. The third-order valence-electron chi connectivity index (χ3n) is 3.78. The summed E-state index contributed by atoms with van der Waals surface area (Å²) in [5, 5.41) is 3.56. The molecular weight excluding hydrogens is 238 g/mol. The second-order valence-corrected chi connectivity index (χ2v) is 5.20. The molecule has 0 amide bonds. The summed E-state index contributed by atoms with van der Waals surface area (Å²) >= 11 is 0. The van der Waals surface area contributed by atoms with Gasteiger partial charge < -0.3 is 14.8 Å². The number of hydrogen-bond donors (Lipinski definition) is 1. The van der Waals surface area contributed by atoms with Crippen LogP contribution in [0.1, 0.15) is 44.2 Å². The van der Waals surface area contributed by atoms with Gasteiger partial charge in [-0.1, -0.05) is 18.2 Å². The third-order valence-corrected chi connectivity index (χ3v) is 3.78. The Hall–Kier alpha value is -1.06. The number of methoxy groups -OCH3 is 1. The van der Waals surface area contributed by atoms with Crippen molar-refractivity contribution in [3.05, 3.63) is 29.8 Å². The Balaban J connectivity index is 1.72. The third kappa shape index (κ3) is 4.22. The van der Waals surface area contributed by atoms with E-state index in [2.05, 4.69) is 24.4 Å². The van der Waals surface area contributed by atoms with Gasteiger partial charge in [-0.15, -0.1) is 0 Å². The predicted octanol–water partition coefficient (Wildman–Crippen LogP) is 3.31. The van der Waals surface area contributed by atoms with Crippen LogP contribution in [0, 0.1) is 0 Å². The van der Waals surface area contributed by atoms with Gasteiger partial charge in [0.25, 0.3) is 0 Å². The number of hydrogen-bond acceptors (Lipinski definition) is 3. The summed E-state index contributed by atoms with van der Waals surface area (Å²) in [7, 11) is 1.73. The van der Waals surface area contributed by atoms with E-state index >= 15 is 0 Å². The highest BCUT2D eigenvalue weighted by atomic mass is 16.5. The Kier molecular flexibility index (Phi) is 5.67. The molecule has 1 aliphatic rings. The van der Waals surface area contributed by atoms with Gasteiger partial charge in [0.15, 0.2) is 0 Å². The minimum absolute atomic E-state index is 0.320. The number of benzene rings is 1. The average molecular weight is 263 g/mol. The van der Waals surface area contributed by atoms with Gasteiger partial charge in [0.05, 0.1) is 13.2 Å². The molecule has 0 radical (unpaired) electrons. The van der Waals surface area contributed by atoms with Crippen molar-refractivity contribution in [3.8, 4) is 5.75 Å². The molecule has 1 aliphatic heterocycles. The van der Waals surface area contributed by atoms with Crippen LogP contribution in [0.15, 0.2) is 24.3 Å². The molecule has 1 aromatic carbocycles. The zero-order chi connectivity index (χ0) is 13.5. The molecule has 0 spiro atoms. The van der Waals surface area contributed by atoms with Gasteiger partial charge >= 0.3 is 0 Å². The number of ether oxygens (including phenoxy) is 2. The zero-order valence-corrected chi connectivity index (χ0v) is 12.0. The van der Waals surface area contributed by atoms with E-state index in [1.54, 1.807) is 7.11 Å². The van der Waals surface area contributed by atoms with Gasteiger partial charge in [0.1, 0.15) is 5.75 Å². The van der Waals surface area contributed by atoms with Crippen LogP contribution < -0.4 is 10.1 Å². The first-order valence-electron chi connectivity index (χ1n) is 7.29. The summed E-state index contributed by atoms with van der Waals surface area (Å²) in [5.74, 6) is 0.960. The highest BCUT2D eigenvalue weighted by molar-refractivity contribution is 5.35. The molecule has 2 atom stereocenters. The Bertz CT molecular complexity index is 375. The van der Waals surface area contributed by atoms with E-state index < -0.39 is 0 Å². The summed E-state index contributed by atoms with van der Waals surface area (Å²) in [6.07, 6.45) is 5.32. The first kappa shape index (κ1) is 14.4. The molecule has 0 bridgehead atoms. The predicted molar refractivity (Wildman–Crippen MR) is 77.6 cm³/mol. The molecule has 1 aromatic rings. The lowest BCUT2D eigenvalue weighted by atomic mass is 10.1. The van der Waals surface area contributed by atoms with Gasteiger partial charge in [-0.2, -0.15) is 0 Å². The summed E-state index contributed by atoms with van der Waals surface area (Å²) in [5.41, 5.74) is 1.22. The van der Waals surface area contributed by atoms with Crippen LogP contribution in [0.25, 0.3) is 0 Å². The lowest BCUT2D eigenvalue weighted by molar-refractivity contribution is 0.102. The molecule has 1 saturated heterocycles. The van der Waals surface area contributed by atoms with E-state index in [0.29, 0.717) is 12.1 Å². The van der Waals surface area contributed by atoms with Gasteiger partial charge in [-0.25, -0.2) is 0 Å². The maximum atomic E-state index is 5.63. The SMILES string of the molecule is COc1ccccc1[C@@H](C)NCCCC1CCCO1. The monoisotopic (exact) mass is 263 g/mol. The fraction of sp³-hybridized carbons (Fsp3) is 0.625. The van der Waals surface area contributed by atoms with Gasteiger partial charge in [0.2, 0.25) is 0 Å². The molecule has 1 fully saturated rings. The lowest BCUT2D eigenvalue weighted by Gasteiger charge is -2.17. The Morgan fingerprint density at radius 3 is 3.00 bits per heavy atom. The maximum Gasteiger partial charge on any atom is 0.123 e. The molecule has 106 valence electrons. The standard InChI is InChI=1S/C16H25NO2/c1-13(15-9-3-4-10-16(15)18-2)17-11-5-7-14-8-6-12-19-14/h3-4,9-10,13-14,17H,5-8,11-12H2,1-2H3/t13-,14?/m1/s1.